The monoisotopic (exact) mass is 352 g/mol. The van der Waals surface area contributed by atoms with Gasteiger partial charge in [0, 0.05) is 37.4 Å². The molecule has 0 radical (unpaired) electrons. The number of nitrogens with one attached hydrogen (secondary N) is 1. The number of methoxy groups -OCH3 is 1. The van der Waals surface area contributed by atoms with Crippen molar-refractivity contribution in [1.82, 2.24) is 14.9 Å². The first kappa shape index (κ1) is 19.4. The van der Waals surface area contributed by atoms with E-state index in [4.69, 9.17) is 4.74 Å². The first-order chi connectivity index (χ1) is 12.5. The first-order valence-corrected chi connectivity index (χ1v) is 8.44. The third-order valence-electron chi connectivity index (χ3n) is 4.21. The summed E-state index contributed by atoms with van der Waals surface area (Å²) < 4.78 is 7.38. The zero-order valence-corrected chi connectivity index (χ0v) is 15.6. The summed E-state index contributed by atoms with van der Waals surface area (Å²) in [7, 11) is 1.67. The van der Waals surface area contributed by atoms with Gasteiger partial charge in [0.25, 0.3) is 5.91 Å². The van der Waals surface area contributed by atoms with Crippen LogP contribution in [0, 0.1) is 25.2 Å². The molecule has 6 heteroatoms. The van der Waals surface area contributed by atoms with E-state index in [1.54, 1.807) is 31.6 Å². The van der Waals surface area contributed by atoms with Crippen molar-refractivity contribution >= 4 is 12.0 Å². The molecular weight excluding hydrogens is 328 g/mol. The summed E-state index contributed by atoms with van der Waals surface area (Å²) in [4.78, 5) is 16.3. The summed E-state index contributed by atoms with van der Waals surface area (Å²) >= 11 is 0. The van der Waals surface area contributed by atoms with E-state index in [0.717, 1.165) is 22.5 Å². The van der Waals surface area contributed by atoms with Crippen LogP contribution in [-0.2, 0) is 16.1 Å². The molecule has 1 amide bonds. The second-order valence-electron chi connectivity index (χ2n) is 6.21. The normalized spacial score (nSPS) is 12.5. The first-order valence-electron chi connectivity index (χ1n) is 8.44. The number of aromatic nitrogens is 2. The van der Waals surface area contributed by atoms with Crippen molar-refractivity contribution in [3.63, 3.8) is 0 Å². The lowest BCUT2D eigenvalue weighted by atomic mass is 10.1. The predicted octanol–water partition coefficient (Wildman–Crippen LogP) is 2.93. The third kappa shape index (κ3) is 4.58. The summed E-state index contributed by atoms with van der Waals surface area (Å²) in [5.74, 6) is -0.397. The third-order valence-corrected chi connectivity index (χ3v) is 4.21. The van der Waals surface area contributed by atoms with Gasteiger partial charge in [-0.2, -0.15) is 5.26 Å². The second kappa shape index (κ2) is 8.97. The average molecular weight is 352 g/mol. The van der Waals surface area contributed by atoms with Gasteiger partial charge in [-0.15, -0.1) is 0 Å². The Balaban J connectivity index is 2.19. The van der Waals surface area contributed by atoms with Crippen molar-refractivity contribution in [3.05, 3.63) is 58.7 Å². The van der Waals surface area contributed by atoms with Gasteiger partial charge in [-0.1, -0.05) is 6.07 Å². The minimum Gasteiger partial charge on any atom is -0.383 e. The highest BCUT2D eigenvalue weighted by molar-refractivity contribution is 6.01. The van der Waals surface area contributed by atoms with Crippen molar-refractivity contribution < 1.29 is 9.53 Å². The molecule has 26 heavy (non-hydrogen) atoms. The lowest BCUT2D eigenvalue weighted by Crippen LogP contribution is -2.24. The minimum atomic E-state index is -0.397. The largest absolute Gasteiger partial charge is 0.383 e. The van der Waals surface area contributed by atoms with Crippen LogP contribution in [0.2, 0.25) is 0 Å². The van der Waals surface area contributed by atoms with Crippen molar-refractivity contribution in [2.45, 2.75) is 33.4 Å². The molecule has 0 spiro atoms. The minimum absolute atomic E-state index is 0.0773. The van der Waals surface area contributed by atoms with Gasteiger partial charge in [0.1, 0.15) is 11.6 Å². The Morgan fingerprint density at radius 3 is 2.88 bits per heavy atom. The molecule has 0 aliphatic rings. The summed E-state index contributed by atoms with van der Waals surface area (Å²) in [5, 5.41) is 12.2. The van der Waals surface area contributed by atoms with E-state index < -0.39 is 5.91 Å². The van der Waals surface area contributed by atoms with Gasteiger partial charge >= 0.3 is 0 Å². The van der Waals surface area contributed by atoms with Crippen LogP contribution in [0.15, 0.2) is 36.2 Å². The molecule has 2 heterocycles. The van der Waals surface area contributed by atoms with Crippen molar-refractivity contribution in [2.24, 2.45) is 0 Å². The van der Waals surface area contributed by atoms with E-state index in [9.17, 15) is 10.1 Å². The number of nitrogens with zero attached hydrogens (tertiary/aromatic N) is 3. The number of hydrogen-bond donors (Lipinski definition) is 1. The molecule has 0 aliphatic heterocycles. The van der Waals surface area contributed by atoms with Crippen molar-refractivity contribution in [3.8, 4) is 6.07 Å². The maximum atomic E-state index is 12.3. The maximum absolute atomic E-state index is 12.3. The lowest BCUT2D eigenvalue weighted by molar-refractivity contribution is -0.117. The molecule has 0 bridgehead atoms. The van der Waals surface area contributed by atoms with Gasteiger partial charge in [0.2, 0.25) is 0 Å². The topological polar surface area (TPSA) is 79.9 Å². The number of carbonyl (C=O) groups is 1. The molecule has 0 fully saturated rings. The molecule has 2 rings (SSSR count). The number of carbonyl (C=O) groups excluding carboxylic acids is 1. The van der Waals surface area contributed by atoms with Crippen LogP contribution in [0.1, 0.15) is 35.5 Å². The Morgan fingerprint density at radius 2 is 2.27 bits per heavy atom. The quantitative estimate of drug-likeness (QED) is 0.614. The van der Waals surface area contributed by atoms with Crippen LogP contribution >= 0.6 is 0 Å². The van der Waals surface area contributed by atoms with E-state index in [-0.39, 0.29) is 11.6 Å². The molecule has 2 aromatic rings. The number of nitriles is 1. The molecule has 0 saturated heterocycles. The Morgan fingerprint density at radius 1 is 1.50 bits per heavy atom. The summed E-state index contributed by atoms with van der Waals surface area (Å²) in [6.45, 7) is 6.98. The van der Waals surface area contributed by atoms with Crippen LogP contribution in [0.3, 0.4) is 0 Å². The zero-order chi connectivity index (χ0) is 19.1. The molecule has 0 saturated carbocycles. The van der Waals surface area contributed by atoms with Gasteiger partial charge in [-0.25, -0.2) is 0 Å². The van der Waals surface area contributed by atoms with E-state index in [2.05, 4.69) is 21.8 Å². The molecule has 0 aliphatic carbocycles. The Labute approximate surface area is 154 Å². The highest BCUT2D eigenvalue weighted by atomic mass is 16.5. The van der Waals surface area contributed by atoms with E-state index in [1.165, 1.54) is 0 Å². The van der Waals surface area contributed by atoms with Crippen LogP contribution in [0.5, 0.6) is 0 Å². The number of pyridine rings is 1. The van der Waals surface area contributed by atoms with E-state index >= 15 is 0 Å². The molecular formula is C20H24N4O2. The number of rotatable bonds is 7. The molecule has 1 unspecified atom stereocenters. The van der Waals surface area contributed by atoms with Crippen LogP contribution < -0.4 is 5.32 Å². The van der Waals surface area contributed by atoms with E-state index in [0.29, 0.717) is 13.2 Å². The summed E-state index contributed by atoms with van der Waals surface area (Å²) in [6, 6.07) is 7.82. The summed E-state index contributed by atoms with van der Waals surface area (Å²) in [5.41, 5.74) is 3.88. The molecule has 6 nitrogen and oxygen atoms in total. The molecule has 1 atom stereocenters. The van der Waals surface area contributed by atoms with Gasteiger partial charge in [0.05, 0.1) is 12.6 Å². The van der Waals surface area contributed by atoms with Gasteiger partial charge in [0.15, 0.2) is 0 Å². The molecule has 2 aromatic heterocycles. The van der Waals surface area contributed by atoms with E-state index in [1.807, 2.05) is 32.0 Å². The molecule has 136 valence electrons. The Kier molecular flexibility index (Phi) is 6.70. The molecule has 1 N–H and O–H groups in total. The van der Waals surface area contributed by atoms with Crippen LogP contribution in [-0.4, -0.2) is 29.2 Å². The zero-order valence-electron chi connectivity index (χ0n) is 15.6. The van der Waals surface area contributed by atoms with Gasteiger partial charge < -0.3 is 14.6 Å². The highest BCUT2D eigenvalue weighted by Crippen LogP contribution is 2.22. The number of aryl methyl sites for hydroxylation is 1. The second-order valence-corrected chi connectivity index (χ2v) is 6.21. The maximum Gasteiger partial charge on any atom is 0.262 e. The molecule has 0 aromatic carbocycles. The predicted molar refractivity (Wildman–Crippen MR) is 100 cm³/mol. The standard InChI is InChI=1S/C20H24N4O2/c1-14-8-18(16(3)24(14)15(2)13-26-4)9-19(10-21)20(25)23-12-17-6-5-7-22-11-17/h5-9,11,15H,12-13H2,1-4H3,(H,23,25)/b19-9+. The SMILES string of the molecule is COCC(C)n1c(C)cc(/C=C(\C#N)C(=O)NCc2cccnc2)c1C. The van der Waals surface area contributed by atoms with Crippen LogP contribution in [0.4, 0.5) is 0 Å². The fourth-order valence-corrected chi connectivity index (χ4v) is 3.03. The van der Waals surface area contributed by atoms with Crippen molar-refractivity contribution in [2.75, 3.05) is 13.7 Å². The lowest BCUT2D eigenvalue weighted by Gasteiger charge is -2.17. The Bertz CT molecular complexity index is 831. The number of amides is 1. The number of ether oxygens (including phenoxy) is 1. The highest BCUT2D eigenvalue weighted by Gasteiger charge is 2.15. The Hall–Kier alpha value is -2.91. The van der Waals surface area contributed by atoms with Gasteiger partial charge in [-0.3, -0.25) is 9.78 Å². The van der Waals surface area contributed by atoms with Gasteiger partial charge in [-0.05, 0) is 50.1 Å². The number of hydrogen-bond acceptors (Lipinski definition) is 4. The van der Waals surface area contributed by atoms with Crippen molar-refractivity contribution in [1.29, 1.82) is 5.26 Å². The smallest absolute Gasteiger partial charge is 0.262 e. The average Bonchev–Trinajstić information content (AvgIpc) is 2.92. The fourth-order valence-electron chi connectivity index (χ4n) is 3.03. The summed E-state index contributed by atoms with van der Waals surface area (Å²) in [6.07, 6.45) is 4.99. The van der Waals surface area contributed by atoms with Crippen LogP contribution in [0.25, 0.3) is 6.08 Å². The fraction of sp³-hybridized carbons (Fsp3) is 0.350.